The van der Waals surface area contributed by atoms with Crippen molar-refractivity contribution in [3.63, 3.8) is 0 Å². The Morgan fingerprint density at radius 3 is 1.36 bits per heavy atom. The number of unbranched alkanes of at least 4 members (excludes halogenated alkanes) is 1. The van der Waals surface area contributed by atoms with E-state index in [0.717, 1.165) is 28.2 Å². The van der Waals surface area contributed by atoms with Crippen molar-refractivity contribution in [2.45, 2.75) is 111 Å². The Balaban J connectivity index is 4.40. The fraction of sp³-hybridized carbons (Fsp3) is 1.00. The Bertz CT molecular complexity index is 234. The third-order valence-electron chi connectivity index (χ3n) is 4.92. The van der Waals surface area contributed by atoms with Crippen LogP contribution < -0.4 is 0 Å². The minimum Gasteiger partial charge on any atom is -0.422 e. The summed E-state index contributed by atoms with van der Waals surface area (Å²) in [6, 6.07) is 0. The molecule has 22 heavy (non-hydrogen) atoms. The first kappa shape index (κ1) is 22.2. The second kappa shape index (κ2) is 12.6. The molecule has 0 saturated carbocycles. The summed E-state index contributed by atoms with van der Waals surface area (Å²) in [6.07, 6.45) is 13.3. The molecule has 0 heterocycles. The van der Waals surface area contributed by atoms with E-state index in [0.29, 0.717) is 0 Å². The SMILES string of the molecule is CC(C)CCCCC(CCCC(C)C)(CCCC(C)C)O[SiH3]. The van der Waals surface area contributed by atoms with Gasteiger partial charge in [0.05, 0.1) is 5.60 Å². The largest absolute Gasteiger partial charge is 0.422 e. The monoisotopic (exact) mass is 328 g/mol. The molecule has 0 fully saturated rings. The molecule has 0 N–H and O–H groups in total. The second-order valence-corrected chi connectivity index (χ2v) is 9.01. The van der Waals surface area contributed by atoms with Gasteiger partial charge >= 0.3 is 0 Å². The van der Waals surface area contributed by atoms with Crippen LogP contribution >= 0.6 is 0 Å². The van der Waals surface area contributed by atoms with E-state index >= 15 is 0 Å². The summed E-state index contributed by atoms with van der Waals surface area (Å²) >= 11 is 0. The summed E-state index contributed by atoms with van der Waals surface area (Å²) in [6.45, 7) is 14.0. The summed E-state index contributed by atoms with van der Waals surface area (Å²) in [5, 5.41) is 0. The maximum atomic E-state index is 6.25. The Morgan fingerprint density at radius 1 is 0.636 bits per heavy atom. The van der Waals surface area contributed by atoms with Crippen molar-refractivity contribution in [2.24, 2.45) is 17.8 Å². The molecule has 0 spiro atoms. The predicted molar refractivity (Wildman–Crippen MR) is 104 cm³/mol. The molecule has 0 rings (SSSR count). The fourth-order valence-corrected chi connectivity index (χ4v) is 3.96. The molecule has 0 aromatic carbocycles. The zero-order chi connectivity index (χ0) is 17.0. The maximum Gasteiger partial charge on any atom is 0.146 e. The smallest absolute Gasteiger partial charge is 0.146 e. The maximum absolute atomic E-state index is 6.25. The average Bonchev–Trinajstić information content (AvgIpc) is 2.42. The van der Waals surface area contributed by atoms with E-state index < -0.39 is 0 Å². The first-order valence-corrected chi connectivity index (χ1v) is 10.7. The van der Waals surface area contributed by atoms with Crippen LogP contribution in [0.15, 0.2) is 0 Å². The fourth-order valence-electron chi connectivity index (χ4n) is 3.35. The minimum absolute atomic E-state index is 0.215. The third-order valence-corrected chi connectivity index (χ3v) is 5.79. The number of rotatable bonds is 14. The molecule has 0 radical (unpaired) electrons. The van der Waals surface area contributed by atoms with Crippen molar-refractivity contribution in [1.29, 1.82) is 0 Å². The highest BCUT2D eigenvalue weighted by atomic mass is 28.2. The Labute approximate surface area is 144 Å². The lowest BCUT2D eigenvalue weighted by Gasteiger charge is -2.34. The lowest BCUT2D eigenvalue weighted by Crippen LogP contribution is -2.32. The molecule has 0 atom stereocenters. The van der Waals surface area contributed by atoms with Crippen LogP contribution in [0.25, 0.3) is 0 Å². The molecule has 134 valence electrons. The van der Waals surface area contributed by atoms with E-state index in [1.165, 1.54) is 64.2 Å². The average molecular weight is 329 g/mol. The molecule has 0 saturated heterocycles. The van der Waals surface area contributed by atoms with E-state index in [4.69, 9.17) is 4.43 Å². The summed E-state index contributed by atoms with van der Waals surface area (Å²) in [5.74, 6) is 2.49. The van der Waals surface area contributed by atoms with Gasteiger partial charge in [0.1, 0.15) is 10.5 Å². The highest BCUT2D eigenvalue weighted by molar-refractivity contribution is 5.98. The van der Waals surface area contributed by atoms with Crippen LogP contribution in [0.5, 0.6) is 0 Å². The van der Waals surface area contributed by atoms with Crippen LogP contribution in [0.3, 0.4) is 0 Å². The Morgan fingerprint density at radius 2 is 1.00 bits per heavy atom. The normalized spacial score (nSPS) is 13.0. The van der Waals surface area contributed by atoms with E-state index in [2.05, 4.69) is 41.5 Å². The van der Waals surface area contributed by atoms with Gasteiger partial charge in [0, 0.05) is 0 Å². The molecule has 0 unspecified atom stereocenters. The number of hydrogen-bond donors (Lipinski definition) is 0. The molecular formula is C20H44OSi. The third kappa shape index (κ3) is 11.7. The van der Waals surface area contributed by atoms with Gasteiger partial charge in [-0.15, -0.1) is 0 Å². The standard InChI is InChI=1S/C20H44OSi/c1-17(2)11-7-8-14-20(21-22,15-9-12-18(3)4)16-10-13-19(5)6/h17-19H,7-16H2,1-6,22H3. The van der Waals surface area contributed by atoms with Gasteiger partial charge < -0.3 is 4.43 Å². The molecular weight excluding hydrogens is 284 g/mol. The molecule has 0 aliphatic rings. The van der Waals surface area contributed by atoms with Crippen molar-refractivity contribution in [3.8, 4) is 0 Å². The lowest BCUT2D eigenvalue weighted by atomic mass is 9.84. The molecule has 0 aliphatic heterocycles. The summed E-state index contributed by atoms with van der Waals surface area (Å²) in [4.78, 5) is 0. The quantitative estimate of drug-likeness (QED) is 0.285. The van der Waals surface area contributed by atoms with Gasteiger partial charge in [-0.1, -0.05) is 86.5 Å². The zero-order valence-electron chi connectivity index (χ0n) is 16.7. The van der Waals surface area contributed by atoms with E-state index in [1.54, 1.807) is 0 Å². The highest BCUT2D eigenvalue weighted by Crippen LogP contribution is 2.32. The van der Waals surface area contributed by atoms with Gasteiger partial charge in [-0.05, 0) is 37.0 Å². The van der Waals surface area contributed by atoms with Crippen LogP contribution in [0.4, 0.5) is 0 Å². The number of hydrogen-bond acceptors (Lipinski definition) is 1. The molecule has 0 amide bonds. The lowest BCUT2D eigenvalue weighted by molar-refractivity contribution is 0.0407. The van der Waals surface area contributed by atoms with Crippen LogP contribution in [0, 0.1) is 17.8 Å². The topological polar surface area (TPSA) is 9.23 Å². The second-order valence-electron chi connectivity index (χ2n) is 8.60. The predicted octanol–water partition coefficient (Wildman–Crippen LogP) is 5.89. The highest BCUT2D eigenvalue weighted by Gasteiger charge is 2.27. The molecule has 2 heteroatoms. The van der Waals surface area contributed by atoms with E-state index in [1.807, 2.05) is 0 Å². The summed E-state index contributed by atoms with van der Waals surface area (Å²) < 4.78 is 6.25. The van der Waals surface area contributed by atoms with Crippen LogP contribution in [0.2, 0.25) is 0 Å². The van der Waals surface area contributed by atoms with Crippen LogP contribution in [-0.2, 0) is 4.43 Å². The van der Waals surface area contributed by atoms with Gasteiger partial charge in [0.2, 0.25) is 0 Å². The summed E-state index contributed by atoms with van der Waals surface area (Å²) in [5.41, 5.74) is 0.215. The minimum atomic E-state index is 0.215. The molecule has 0 aliphatic carbocycles. The van der Waals surface area contributed by atoms with Crippen molar-refractivity contribution < 1.29 is 4.43 Å². The zero-order valence-corrected chi connectivity index (χ0v) is 18.7. The van der Waals surface area contributed by atoms with E-state index in [9.17, 15) is 0 Å². The van der Waals surface area contributed by atoms with Crippen molar-refractivity contribution in [3.05, 3.63) is 0 Å². The van der Waals surface area contributed by atoms with Gasteiger partial charge in [-0.2, -0.15) is 0 Å². The van der Waals surface area contributed by atoms with E-state index in [-0.39, 0.29) is 5.60 Å². The van der Waals surface area contributed by atoms with Gasteiger partial charge in [-0.25, -0.2) is 0 Å². The first-order chi connectivity index (χ1) is 10.3. The van der Waals surface area contributed by atoms with Crippen LogP contribution in [0.1, 0.15) is 106 Å². The van der Waals surface area contributed by atoms with Gasteiger partial charge in [0.15, 0.2) is 0 Å². The van der Waals surface area contributed by atoms with Crippen molar-refractivity contribution in [2.75, 3.05) is 0 Å². The summed E-state index contributed by atoms with van der Waals surface area (Å²) in [7, 11) is 0.887. The first-order valence-electron chi connectivity index (χ1n) is 9.86. The molecule has 0 aromatic heterocycles. The van der Waals surface area contributed by atoms with Crippen molar-refractivity contribution >= 4 is 10.5 Å². The molecule has 1 nitrogen and oxygen atoms in total. The molecule has 0 bridgehead atoms. The molecule has 0 aromatic rings. The Kier molecular flexibility index (Phi) is 12.7. The van der Waals surface area contributed by atoms with Gasteiger partial charge in [0.25, 0.3) is 0 Å². The van der Waals surface area contributed by atoms with Crippen molar-refractivity contribution in [1.82, 2.24) is 0 Å². The van der Waals surface area contributed by atoms with Crippen LogP contribution in [-0.4, -0.2) is 16.1 Å². The van der Waals surface area contributed by atoms with Gasteiger partial charge in [-0.3, -0.25) is 0 Å². The Hall–Kier alpha value is 0.177.